The fraction of sp³-hybridized carbons (Fsp3) is 0.409. The third-order valence-corrected chi connectivity index (χ3v) is 6.70. The van der Waals surface area contributed by atoms with Gasteiger partial charge in [0.25, 0.3) is 5.91 Å². The molecule has 6 heteroatoms. The second-order valence-corrected chi connectivity index (χ2v) is 9.43. The van der Waals surface area contributed by atoms with Gasteiger partial charge < -0.3 is 9.64 Å². The maximum absolute atomic E-state index is 13.3. The second kappa shape index (κ2) is 9.24. The summed E-state index contributed by atoms with van der Waals surface area (Å²) in [5.41, 5.74) is 1.50. The Labute approximate surface area is 167 Å². The van der Waals surface area contributed by atoms with Crippen LogP contribution in [0.2, 0.25) is 0 Å². The molecule has 28 heavy (non-hydrogen) atoms. The minimum atomic E-state index is -3.09. The van der Waals surface area contributed by atoms with Crippen LogP contribution in [-0.4, -0.2) is 43.4 Å². The first-order chi connectivity index (χ1) is 13.5. The van der Waals surface area contributed by atoms with Gasteiger partial charge in [-0.3, -0.25) is 4.79 Å². The zero-order valence-corrected chi connectivity index (χ0v) is 17.0. The van der Waals surface area contributed by atoms with E-state index in [2.05, 4.69) is 6.92 Å². The highest BCUT2D eigenvalue weighted by atomic mass is 32.2. The Kier molecular flexibility index (Phi) is 6.73. The van der Waals surface area contributed by atoms with E-state index in [4.69, 9.17) is 4.74 Å². The minimum Gasteiger partial charge on any atom is -0.494 e. The van der Waals surface area contributed by atoms with Crippen molar-refractivity contribution in [3.8, 4) is 5.75 Å². The largest absolute Gasteiger partial charge is 0.494 e. The number of carbonyl (C=O) groups is 1. The van der Waals surface area contributed by atoms with E-state index in [9.17, 15) is 13.2 Å². The second-order valence-electron chi connectivity index (χ2n) is 7.21. The molecule has 0 radical (unpaired) electrons. The number of nitrogens with zero attached hydrogens (tertiary/aromatic N) is 1. The van der Waals surface area contributed by atoms with E-state index < -0.39 is 9.84 Å². The number of sulfone groups is 1. The molecule has 0 N–H and O–H groups in total. The van der Waals surface area contributed by atoms with Crippen LogP contribution in [0.3, 0.4) is 0 Å². The maximum atomic E-state index is 13.3. The summed E-state index contributed by atoms with van der Waals surface area (Å²) in [6.45, 7) is 3.10. The summed E-state index contributed by atoms with van der Waals surface area (Å²) < 4.78 is 29.7. The number of rotatable bonds is 8. The molecule has 1 unspecified atom stereocenters. The van der Waals surface area contributed by atoms with Gasteiger partial charge in [0.1, 0.15) is 5.75 Å². The van der Waals surface area contributed by atoms with E-state index in [-0.39, 0.29) is 23.5 Å². The zero-order chi connectivity index (χ0) is 20.0. The first-order valence-corrected chi connectivity index (χ1v) is 11.6. The normalized spacial score (nSPS) is 18.0. The molecule has 5 nitrogen and oxygen atoms in total. The van der Waals surface area contributed by atoms with Crippen LogP contribution >= 0.6 is 0 Å². The number of hydrogen-bond acceptors (Lipinski definition) is 4. The van der Waals surface area contributed by atoms with Crippen molar-refractivity contribution in [3.63, 3.8) is 0 Å². The molecular formula is C22H27NO4S. The Morgan fingerprint density at radius 1 is 1.14 bits per heavy atom. The van der Waals surface area contributed by atoms with Gasteiger partial charge in [-0.15, -0.1) is 0 Å². The van der Waals surface area contributed by atoms with Crippen LogP contribution in [0.5, 0.6) is 5.75 Å². The Bertz CT molecular complexity index is 896. The van der Waals surface area contributed by atoms with Crippen molar-refractivity contribution in [2.75, 3.05) is 18.1 Å². The number of hydrogen-bond donors (Lipinski definition) is 0. The van der Waals surface area contributed by atoms with Crippen molar-refractivity contribution < 1.29 is 17.9 Å². The Hall–Kier alpha value is -2.34. The van der Waals surface area contributed by atoms with Gasteiger partial charge in [0.2, 0.25) is 0 Å². The molecule has 0 spiro atoms. The summed E-state index contributed by atoms with van der Waals surface area (Å²) >= 11 is 0. The minimum absolute atomic E-state index is 0.0261. The summed E-state index contributed by atoms with van der Waals surface area (Å²) in [5, 5.41) is 0. The van der Waals surface area contributed by atoms with Gasteiger partial charge >= 0.3 is 0 Å². The lowest BCUT2D eigenvalue weighted by atomic mass is 10.1. The molecule has 1 atom stereocenters. The van der Waals surface area contributed by atoms with Gasteiger partial charge in [-0.2, -0.15) is 0 Å². The first-order valence-electron chi connectivity index (χ1n) is 9.76. The topological polar surface area (TPSA) is 63.7 Å². The third-order valence-electron chi connectivity index (χ3n) is 4.95. The lowest BCUT2D eigenvalue weighted by Crippen LogP contribution is -2.40. The van der Waals surface area contributed by atoms with Crippen LogP contribution in [-0.2, 0) is 16.4 Å². The molecule has 1 aliphatic rings. The van der Waals surface area contributed by atoms with Crippen LogP contribution in [0, 0.1) is 0 Å². The van der Waals surface area contributed by atoms with Crippen molar-refractivity contribution >= 4 is 15.7 Å². The number of ether oxygens (including phenoxy) is 1. The van der Waals surface area contributed by atoms with Crippen molar-refractivity contribution in [2.24, 2.45) is 0 Å². The molecule has 0 bridgehead atoms. The molecule has 0 saturated carbocycles. The molecule has 0 aliphatic carbocycles. The number of carbonyl (C=O) groups excluding carboxylic acids is 1. The molecule has 1 amide bonds. The van der Waals surface area contributed by atoms with Crippen molar-refractivity contribution in [1.29, 1.82) is 0 Å². The van der Waals surface area contributed by atoms with Crippen molar-refractivity contribution in [2.45, 2.75) is 38.8 Å². The lowest BCUT2D eigenvalue weighted by molar-refractivity contribution is 0.0680. The SMILES string of the molecule is CCCCOc1cccc(C(=O)N(Cc2ccccc2)C2CCS(=O)(=O)C2)c1. The standard InChI is InChI=1S/C22H27NO4S/c1-2-3-13-27-21-11-7-10-19(15-21)22(24)23(16-18-8-5-4-6-9-18)20-12-14-28(25,26)17-20/h4-11,15,20H,2-3,12-14,16-17H2,1H3. The van der Waals surface area contributed by atoms with Crippen LogP contribution in [0.1, 0.15) is 42.1 Å². The van der Waals surface area contributed by atoms with Crippen molar-refractivity contribution in [3.05, 3.63) is 65.7 Å². The molecule has 2 aromatic carbocycles. The van der Waals surface area contributed by atoms with Crippen LogP contribution in [0.15, 0.2) is 54.6 Å². The molecule has 3 rings (SSSR count). The van der Waals surface area contributed by atoms with E-state index in [1.54, 1.807) is 23.1 Å². The molecule has 2 aromatic rings. The zero-order valence-electron chi connectivity index (χ0n) is 16.2. The van der Waals surface area contributed by atoms with E-state index in [1.807, 2.05) is 36.4 Å². The average Bonchev–Trinajstić information content (AvgIpc) is 3.06. The molecular weight excluding hydrogens is 374 g/mol. The maximum Gasteiger partial charge on any atom is 0.254 e. The first kappa shape index (κ1) is 20.4. The smallest absolute Gasteiger partial charge is 0.254 e. The van der Waals surface area contributed by atoms with Crippen LogP contribution < -0.4 is 4.74 Å². The molecule has 150 valence electrons. The Balaban J connectivity index is 1.83. The quantitative estimate of drug-likeness (QED) is 0.633. The van der Waals surface area contributed by atoms with Crippen LogP contribution in [0.4, 0.5) is 0 Å². The number of amides is 1. The third kappa shape index (κ3) is 5.35. The summed E-state index contributed by atoms with van der Waals surface area (Å²) in [6.07, 6.45) is 2.48. The van der Waals surface area contributed by atoms with Gasteiger partial charge in [0, 0.05) is 18.2 Å². The van der Waals surface area contributed by atoms with Gasteiger partial charge in [-0.05, 0) is 36.6 Å². The molecule has 1 aliphatic heterocycles. The molecule has 1 heterocycles. The number of unbranched alkanes of at least 4 members (excludes halogenated alkanes) is 1. The highest BCUT2D eigenvalue weighted by Gasteiger charge is 2.35. The summed E-state index contributed by atoms with van der Waals surface area (Å²) in [5.74, 6) is 0.666. The van der Waals surface area contributed by atoms with E-state index >= 15 is 0 Å². The van der Waals surface area contributed by atoms with Gasteiger partial charge in [0.15, 0.2) is 9.84 Å². The van der Waals surface area contributed by atoms with Gasteiger partial charge in [0.05, 0.1) is 18.1 Å². The van der Waals surface area contributed by atoms with Gasteiger partial charge in [-0.25, -0.2) is 8.42 Å². The average molecular weight is 402 g/mol. The fourth-order valence-corrected chi connectivity index (χ4v) is 5.12. The lowest BCUT2D eigenvalue weighted by Gasteiger charge is -2.28. The molecule has 1 fully saturated rings. The highest BCUT2D eigenvalue weighted by molar-refractivity contribution is 7.91. The Morgan fingerprint density at radius 2 is 1.93 bits per heavy atom. The highest BCUT2D eigenvalue weighted by Crippen LogP contribution is 2.24. The fourth-order valence-electron chi connectivity index (χ4n) is 3.39. The van der Waals surface area contributed by atoms with E-state index in [1.165, 1.54) is 0 Å². The number of benzene rings is 2. The van der Waals surface area contributed by atoms with Crippen molar-refractivity contribution in [1.82, 2.24) is 4.90 Å². The summed E-state index contributed by atoms with van der Waals surface area (Å²) in [7, 11) is -3.09. The van der Waals surface area contributed by atoms with Crippen LogP contribution in [0.25, 0.3) is 0 Å². The molecule has 0 aromatic heterocycles. The predicted molar refractivity (Wildman–Crippen MR) is 110 cm³/mol. The molecule has 1 saturated heterocycles. The monoisotopic (exact) mass is 401 g/mol. The Morgan fingerprint density at radius 3 is 2.61 bits per heavy atom. The summed E-state index contributed by atoms with van der Waals surface area (Å²) in [6, 6.07) is 16.5. The van der Waals surface area contributed by atoms with E-state index in [0.717, 1.165) is 18.4 Å². The van der Waals surface area contributed by atoms with E-state index in [0.29, 0.717) is 30.9 Å². The van der Waals surface area contributed by atoms with Gasteiger partial charge in [-0.1, -0.05) is 49.7 Å². The summed E-state index contributed by atoms with van der Waals surface area (Å²) in [4.78, 5) is 15.0. The predicted octanol–water partition coefficient (Wildman–Crippen LogP) is 3.70.